The lowest BCUT2D eigenvalue weighted by Crippen LogP contribution is -2.65. The summed E-state index contributed by atoms with van der Waals surface area (Å²) in [4.78, 5) is 11.9. The molecule has 0 radical (unpaired) electrons. The highest BCUT2D eigenvalue weighted by Gasteiger charge is 2.96. The number of carbonyl (C=O) groups excluding carboxylic acids is 1. The molecule has 0 aromatic heterocycles. The number of rotatable bonds is 2. The zero-order valence-electron chi connectivity index (χ0n) is 12.1. The second kappa shape index (κ2) is 5.15. The van der Waals surface area contributed by atoms with Gasteiger partial charge >= 0.3 is 29.7 Å². The molecule has 0 aromatic carbocycles. The molecule has 1 atom stereocenters. The average Bonchev–Trinajstić information content (AvgIpc) is 2.55. The fourth-order valence-corrected chi connectivity index (χ4v) is 2.50. The van der Waals surface area contributed by atoms with E-state index in [1.54, 1.807) is 6.92 Å². The van der Waals surface area contributed by atoms with Gasteiger partial charge < -0.3 is 4.90 Å². The van der Waals surface area contributed by atoms with Gasteiger partial charge in [-0.25, -0.2) is 0 Å². The first-order chi connectivity index (χ1) is 10.6. The average molecular weight is 373 g/mol. The maximum absolute atomic E-state index is 14.0. The standard InChI is InChI=1S/C12H12F9NO2/c1-6-2-4-22(5-3-6)7(23)8(13,14)11(19)9(15,16)10(17,18)12(20,21)24-11/h6H,2-5H2,1H3/t11-/m0/s1. The van der Waals surface area contributed by atoms with Crippen molar-refractivity contribution in [2.75, 3.05) is 13.1 Å². The van der Waals surface area contributed by atoms with E-state index in [2.05, 4.69) is 4.74 Å². The molecule has 0 unspecified atom stereocenters. The zero-order chi connectivity index (χ0) is 18.8. The lowest BCUT2D eigenvalue weighted by Gasteiger charge is -2.37. The van der Waals surface area contributed by atoms with E-state index in [0.717, 1.165) is 0 Å². The van der Waals surface area contributed by atoms with E-state index in [0.29, 0.717) is 0 Å². The SMILES string of the molecule is CC1CCN(C(=O)C(F)(F)[C@]2(F)OC(F)(F)C(F)(F)C2(F)F)CC1. The molecule has 2 fully saturated rings. The number of hydrogen-bond donors (Lipinski definition) is 0. The molecule has 2 heterocycles. The summed E-state index contributed by atoms with van der Waals surface area (Å²) >= 11 is 0. The third-order valence-corrected chi connectivity index (χ3v) is 4.18. The molecule has 0 spiro atoms. The minimum Gasteiger partial charge on any atom is -0.337 e. The molecule has 0 aromatic rings. The number of carbonyl (C=O) groups is 1. The normalized spacial score (nSPS) is 32.8. The molecule has 24 heavy (non-hydrogen) atoms. The van der Waals surface area contributed by atoms with Crippen LogP contribution in [-0.4, -0.2) is 53.6 Å². The van der Waals surface area contributed by atoms with Crippen LogP contribution in [0.4, 0.5) is 39.5 Å². The number of nitrogens with zero attached hydrogens (tertiary/aromatic N) is 1. The quantitative estimate of drug-likeness (QED) is 0.694. The summed E-state index contributed by atoms with van der Waals surface area (Å²) in [6.45, 7) is 0.931. The summed E-state index contributed by atoms with van der Waals surface area (Å²) in [5.74, 6) is -27.9. The van der Waals surface area contributed by atoms with Crippen molar-refractivity contribution in [3.05, 3.63) is 0 Å². The number of hydrogen-bond acceptors (Lipinski definition) is 2. The van der Waals surface area contributed by atoms with E-state index < -0.39 is 35.6 Å². The van der Waals surface area contributed by atoms with E-state index in [9.17, 15) is 44.3 Å². The topological polar surface area (TPSA) is 29.5 Å². The Morgan fingerprint density at radius 3 is 1.83 bits per heavy atom. The van der Waals surface area contributed by atoms with Crippen molar-refractivity contribution in [1.82, 2.24) is 4.90 Å². The molecule has 12 heteroatoms. The molecule has 0 N–H and O–H groups in total. The molecule has 2 aliphatic rings. The summed E-state index contributed by atoms with van der Waals surface area (Å²) in [6.07, 6.45) is -5.87. The Morgan fingerprint density at radius 1 is 1.00 bits per heavy atom. The van der Waals surface area contributed by atoms with Crippen molar-refractivity contribution in [2.45, 2.75) is 49.5 Å². The van der Waals surface area contributed by atoms with Gasteiger partial charge in [0.15, 0.2) is 0 Å². The van der Waals surface area contributed by atoms with Crippen LogP contribution < -0.4 is 0 Å². The molecule has 140 valence electrons. The largest absolute Gasteiger partial charge is 0.428 e. The Labute approximate surface area is 129 Å². The zero-order valence-corrected chi connectivity index (χ0v) is 12.1. The second-order valence-electron chi connectivity index (χ2n) is 5.91. The first-order valence-electron chi connectivity index (χ1n) is 6.81. The van der Waals surface area contributed by atoms with Gasteiger partial charge in [-0.05, 0) is 18.8 Å². The Balaban J connectivity index is 2.39. The fourth-order valence-electron chi connectivity index (χ4n) is 2.50. The Hall–Kier alpha value is -1.20. The van der Waals surface area contributed by atoms with E-state index in [-0.39, 0.29) is 36.7 Å². The highest BCUT2D eigenvalue weighted by atomic mass is 19.4. The van der Waals surface area contributed by atoms with Crippen molar-refractivity contribution >= 4 is 5.91 Å². The number of halogens is 9. The van der Waals surface area contributed by atoms with Gasteiger partial charge in [-0.1, -0.05) is 6.92 Å². The molecular weight excluding hydrogens is 361 g/mol. The summed E-state index contributed by atoms with van der Waals surface area (Å²) < 4.78 is 123. The predicted molar refractivity (Wildman–Crippen MR) is 59.7 cm³/mol. The Bertz CT molecular complexity index is 531. The maximum atomic E-state index is 14.0. The van der Waals surface area contributed by atoms with Crippen LogP contribution in [0, 0.1) is 5.92 Å². The van der Waals surface area contributed by atoms with E-state index in [1.165, 1.54) is 0 Å². The lowest BCUT2D eigenvalue weighted by molar-refractivity contribution is -0.368. The summed E-state index contributed by atoms with van der Waals surface area (Å²) in [6, 6.07) is 0. The van der Waals surface area contributed by atoms with E-state index >= 15 is 0 Å². The van der Waals surface area contributed by atoms with Crippen LogP contribution in [0.2, 0.25) is 0 Å². The Morgan fingerprint density at radius 2 is 1.46 bits per heavy atom. The van der Waals surface area contributed by atoms with Crippen molar-refractivity contribution in [3.8, 4) is 0 Å². The third-order valence-electron chi connectivity index (χ3n) is 4.18. The van der Waals surface area contributed by atoms with Gasteiger partial charge in [0.25, 0.3) is 5.91 Å². The number of piperidine rings is 1. The van der Waals surface area contributed by atoms with Gasteiger partial charge in [0.2, 0.25) is 0 Å². The molecule has 3 nitrogen and oxygen atoms in total. The molecule has 2 saturated heterocycles. The number of likely N-dealkylation sites (tertiary alicyclic amines) is 1. The highest BCUT2D eigenvalue weighted by Crippen LogP contribution is 2.64. The minimum absolute atomic E-state index is 0.000141. The smallest absolute Gasteiger partial charge is 0.337 e. The molecule has 2 aliphatic heterocycles. The van der Waals surface area contributed by atoms with Crippen molar-refractivity contribution in [3.63, 3.8) is 0 Å². The maximum Gasteiger partial charge on any atom is 0.428 e. The summed E-state index contributed by atoms with van der Waals surface area (Å²) in [5.41, 5.74) is 0. The molecule has 2 rings (SSSR count). The molecule has 0 bridgehead atoms. The lowest BCUT2D eigenvalue weighted by atomic mass is 9.95. The monoisotopic (exact) mass is 373 g/mol. The van der Waals surface area contributed by atoms with Gasteiger partial charge in [-0.15, -0.1) is 0 Å². The molecule has 0 saturated carbocycles. The number of amides is 1. The van der Waals surface area contributed by atoms with Crippen LogP contribution in [0.1, 0.15) is 19.8 Å². The predicted octanol–water partition coefficient (Wildman–Crippen LogP) is 3.44. The van der Waals surface area contributed by atoms with Crippen LogP contribution in [-0.2, 0) is 9.53 Å². The number of ether oxygens (including phenoxy) is 1. The van der Waals surface area contributed by atoms with Crippen LogP contribution >= 0.6 is 0 Å². The summed E-state index contributed by atoms with van der Waals surface area (Å²) in [5, 5.41) is 0. The van der Waals surface area contributed by atoms with Gasteiger partial charge in [0, 0.05) is 13.1 Å². The second-order valence-corrected chi connectivity index (χ2v) is 5.91. The van der Waals surface area contributed by atoms with Crippen LogP contribution in [0.5, 0.6) is 0 Å². The molecule has 0 aliphatic carbocycles. The first kappa shape index (κ1) is 19.1. The van der Waals surface area contributed by atoms with Gasteiger partial charge in [-0.2, -0.15) is 39.5 Å². The van der Waals surface area contributed by atoms with Crippen molar-refractivity contribution in [2.24, 2.45) is 5.92 Å². The van der Waals surface area contributed by atoms with Gasteiger partial charge in [0.05, 0.1) is 0 Å². The fraction of sp³-hybridized carbons (Fsp3) is 0.917. The van der Waals surface area contributed by atoms with Crippen LogP contribution in [0.15, 0.2) is 0 Å². The Kier molecular flexibility index (Phi) is 4.10. The van der Waals surface area contributed by atoms with Crippen LogP contribution in [0.3, 0.4) is 0 Å². The van der Waals surface area contributed by atoms with Crippen molar-refractivity contribution in [1.29, 1.82) is 0 Å². The van der Waals surface area contributed by atoms with Crippen molar-refractivity contribution < 1.29 is 49.0 Å². The highest BCUT2D eigenvalue weighted by molar-refractivity contribution is 5.85. The van der Waals surface area contributed by atoms with E-state index in [4.69, 9.17) is 0 Å². The number of alkyl halides is 9. The van der Waals surface area contributed by atoms with Gasteiger partial charge in [-0.3, -0.25) is 9.53 Å². The van der Waals surface area contributed by atoms with Gasteiger partial charge in [0.1, 0.15) is 0 Å². The molecular formula is C12H12F9NO2. The van der Waals surface area contributed by atoms with Crippen LogP contribution in [0.25, 0.3) is 0 Å². The summed E-state index contributed by atoms with van der Waals surface area (Å²) in [7, 11) is 0. The minimum atomic E-state index is -6.63. The third kappa shape index (κ3) is 2.21. The molecule has 1 amide bonds. The van der Waals surface area contributed by atoms with E-state index in [1.807, 2.05) is 0 Å². The first-order valence-corrected chi connectivity index (χ1v) is 6.81.